The maximum atomic E-state index is 12.1. The Morgan fingerprint density at radius 1 is 0.900 bits per heavy atom. The summed E-state index contributed by atoms with van der Waals surface area (Å²) < 4.78 is 15.3. The number of carbonyl (C=O) groups is 3. The van der Waals surface area contributed by atoms with Gasteiger partial charge in [0.05, 0.1) is 13.2 Å². The molecule has 1 amide bonds. The van der Waals surface area contributed by atoms with Crippen LogP contribution in [0.15, 0.2) is 60.7 Å². The van der Waals surface area contributed by atoms with Gasteiger partial charge >= 0.3 is 11.9 Å². The SMILES string of the molecule is CCOC(=O)C(NC(=O)/C=C/c1ccc(OCc2ccccc2)cc1)C(=O)OCC. The Balaban J connectivity index is 1.92. The second kappa shape index (κ2) is 12.1. The van der Waals surface area contributed by atoms with Crippen LogP contribution in [0.1, 0.15) is 25.0 Å². The first-order valence-electron chi connectivity index (χ1n) is 9.62. The second-order valence-electron chi connectivity index (χ2n) is 6.12. The minimum atomic E-state index is -1.50. The summed E-state index contributed by atoms with van der Waals surface area (Å²) in [5.41, 5.74) is 1.82. The van der Waals surface area contributed by atoms with E-state index in [1.54, 1.807) is 44.2 Å². The number of ether oxygens (including phenoxy) is 3. The van der Waals surface area contributed by atoms with Crippen LogP contribution in [0, 0.1) is 0 Å². The molecule has 0 fully saturated rings. The minimum Gasteiger partial charge on any atom is -0.489 e. The number of hydrogen-bond donors (Lipinski definition) is 1. The zero-order valence-electron chi connectivity index (χ0n) is 17.0. The predicted molar refractivity (Wildman–Crippen MR) is 111 cm³/mol. The lowest BCUT2D eigenvalue weighted by Gasteiger charge is -2.14. The highest BCUT2D eigenvalue weighted by atomic mass is 16.6. The molecule has 0 heterocycles. The fourth-order valence-corrected chi connectivity index (χ4v) is 2.44. The molecule has 0 aromatic heterocycles. The maximum absolute atomic E-state index is 12.1. The zero-order valence-corrected chi connectivity index (χ0v) is 17.0. The normalized spacial score (nSPS) is 10.6. The van der Waals surface area contributed by atoms with Crippen LogP contribution in [0.3, 0.4) is 0 Å². The van der Waals surface area contributed by atoms with Crippen molar-refractivity contribution in [1.82, 2.24) is 5.32 Å². The van der Waals surface area contributed by atoms with Gasteiger partial charge in [-0.3, -0.25) is 4.79 Å². The van der Waals surface area contributed by atoms with Crippen molar-refractivity contribution < 1.29 is 28.6 Å². The lowest BCUT2D eigenvalue weighted by atomic mass is 10.2. The Hall–Kier alpha value is -3.61. The van der Waals surface area contributed by atoms with Gasteiger partial charge in [-0.05, 0) is 43.2 Å². The van der Waals surface area contributed by atoms with Crippen LogP contribution in [-0.4, -0.2) is 37.1 Å². The number of rotatable bonds is 10. The molecule has 0 saturated carbocycles. The Bertz CT molecular complexity index is 843. The Morgan fingerprint density at radius 2 is 1.50 bits per heavy atom. The molecular formula is C23H25NO6. The van der Waals surface area contributed by atoms with E-state index in [9.17, 15) is 14.4 Å². The second-order valence-corrected chi connectivity index (χ2v) is 6.12. The summed E-state index contributed by atoms with van der Waals surface area (Å²) in [7, 11) is 0. The quantitative estimate of drug-likeness (QED) is 0.367. The molecule has 0 bridgehead atoms. The van der Waals surface area contributed by atoms with Crippen LogP contribution in [0.25, 0.3) is 6.08 Å². The number of esters is 2. The molecule has 2 aromatic carbocycles. The van der Waals surface area contributed by atoms with Gasteiger partial charge in [0, 0.05) is 6.08 Å². The summed E-state index contributed by atoms with van der Waals surface area (Å²) >= 11 is 0. The van der Waals surface area contributed by atoms with Crippen LogP contribution in [0.5, 0.6) is 5.75 Å². The van der Waals surface area contributed by atoms with Crippen molar-refractivity contribution in [1.29, 1.82) is 0 Å². The zero-order chi connectivity index (χ0) is 21.8. The monoisotopic (exact) mass is 411 g/mol. The molecule has 0 atom stereocenters. The van der Waals surface area contributed by atoms with Crippen molar-refractivity contribution in [2.75, 3.05) is 13.2 Å². The van der Waals surface area contributed by atoms with E-state index in [2.05, 4.69) is 5.32 Å². The van der Waals surface area contributed by atoms with E-state index in [4.69, 9.17) is 14.2 Å². The molecular weight excluding hydrogens is 386 g/mol. The number of benzene rings is 2. The van der Waals surface area contributed by atoms with Crippen LogP contribution in [0.2, 0.25) is 0 Å². The molecule has 7 nitrogen and oxygen atoms in total. The maximum Gasteiger partial charge on any atom is 0.340 e. The molecule has 2 rings (SSSR count). The van der Waals surface area contributed by atoms with Gasteiger partial charge in [-0.15, -0.1) is 0 Å². The molecule has 7 heteroatoms. The molecule has 0 aliphatic heterocycles. The summed E-state index contributed by atoms with van der Waals surface area (Å²) in [6.07, 6.45) is 2.79. The molecule has 0 spiro atoms. The Labute approximate surface area is 175 Å². The van der Waals surface area contributed by atoms with Crippen LogP contribution in [-0.2, 0) is 30.5 Å². The minimum absolute atomic E-state index is 0.0825. The average molecular weight is 411 g/mol. The number of hydrogen-bond acceptors (Lipinski definition) is 6. The highest BCUT2D eigenvalue weighted by Gasteiger charge is 2.30. The Kier molecular flexibility index (Phi) is 9.12. The van der Waals surface area contributed by atoms with Gasteiger partial charge in [-0.25, -0.2) is 9.59 Å². The van der Waals surface area contributed by atoms with Gasteiger partial charge in [-0.1, -0.05) is 42.5 Å². The van der Waals surface area contributed by atoms with Crippen LogP contribution < -0.4 is 10.1 Å². The van der Waals surface area contributed by atoms with Crippen molar-refractivity contribution in [3.05, 3.63) is 71.8 Å². The molecule has 0 aliphatic rings. The van der Waals surface area contributed by atoms with Gasteiger partial charge < -0.3 is 19.5 Å². The lowest BCUT2D eigenvalue weighted by molar-refractivity contribution is -0.159. The molecule has 1 N–H and O–H groups in total. The van der Waals surface area contributed by atoms with Gasteiger partial charge in [0.2, 0.25) is 11.9 Å². The summed E-state index contributed by atoms with van der Waals surface area (Å²) in [6.45, 7) is 3.84. The first-order valence-corrected chi connectivity index (χ1v) is 9.62. The van der Waals surface area contributed by atoms with Gasteiger partial charge in [0.15, 0.2) is 0 Å². The van der Waals surface area contributed by atoms with E-state index in [1.807, 2.05) is 30.3 Å². The molecule has 0 saturated heterocycles. The van der Waals surface area contributed by atoms with Crippen LogP contribution >= 0.6 is 0 Å². The van der Waals surface area contributed by atoms with E-state index in [1.165, 1.54) is 6.08 Å². The largest absolute Gasteiger partial charge is 0.489 e. The lowest BCUT2D eigenvalue weighted by Crippen LogP contribution is -2.47. The topological polar surface area (TPSA) is 90.9 Å². The predicted octanol–water partition coefficient (Wildman–Crippen LogP) is 2.89. The van der Waals surface area contributed by atoms with Crippen molar-refractivity contribution in [3.8, 4) is 5.75 Å². The molecule has 158 valence electrons. The first-order chi connectivity index (χ1) is 14.5. The molecule has 0 radical (unpaired) electrons. The van der Waals surface area contributed by atoms with Crippen molar-refractivity contribution >= 4 is 23.9 Å². The highest BCUT2D eigenvalue weighted by Crippen LogP contribution is 2.15. The molecule has 0 aliphatic carbocycles. The number of carbonyl (C=O) groups excluding carboxylic acids is 3. The fourth-order valence-electron chi connectivity index (χ4n) is 2.44. The molecule has 30 heavy (non-hydrogen) atoms. The van der Waals surface area contributed by atoms with E-state index in [-0.39, 0.29) is 13.2 Å². The van der Waals surface area contributed by atoms with E-state index in [0.29, 0.717) is 12.4 Å². The van der Waals surface area contributed by atoms with Crippen molar-refractivity contribution in [2.45, 2.75) is 26.5 Å². The third-order valence-electron chi connectivity index (χ3n) is 3.89. The third-order valence-corrected chi connectivity index (χ3v) is 3.89. The molecule has 0 unspecified atom stereocenters. The van der Waals surface area contributed by atoms with Crippen molar-refractivity contribution in [3.63, 3.8) is 0 Å². The van der Waals surface area contributed by atoms with Gasteiger partial charge in [0.25, 0.3) is 0 Å². The summed E-state index contributed by atoms with van der Waals surface area (Å²) in [5, 5.41) is 2.31. The first kappa shape index (κ1) is 22.7. The molecule has 2 aromatic rings. The number of nitrogens with one attached hydrogen (secondary N) is 1. The standard InChI is InChI=1S/C23H25NO6/c1-3-28-22(26)21(23(27)29-4-2)24-20(25)15-12-17-10-13-19(14-11-17)30-16-18-8-6-5-7-9-18/h5-15,21H,3-4,16H2,1-2H3,(H,24,25)/b15-12+. The summed E-state index contributed by atoms with van der Waals surface area (Å²) in [5.74, 6) is -1.65. The average Bonchev–Trinajstić information content (AvgIpc) is 2.76. The summed E-state index contributed by atoms with van der Waals surface area (Å²) in [4.78, 5) is 35.9. The summed E-state index contributed by atoms with van der Waals surface area (Å²) in [6, 6.07) is 15.5. The fraction of sp³-hybridized carbons (Fsp3) is 0.261. The third kappa shape index (κ3) is 7.43. The highest BCUT2D eigenvalue weighted by molar-refractivity contribution is 6.04. The van der Waals surface area contributed by atoms with Crippen molar-refractivity contribution in [2.24, 2.45) is 0 Å². The smallest absolute Gasteiger partial charge is 0.340 e. The van der Waals surface area contributed by atoms with Crippen LogP contribution in [0.4, 0.5) is 0 Å². The van der Waals surface area contributed by atoms with E-state index < -0.39 is 23.9 Å². The van der Waals surface area contributed by atoms with E-state index >= 15 is 0 Å². The Morgan fingerprint density at radius 3 is 2.07 bits per heavy atom. The number of amides is 1. The van der Waals surface area contributed by atoms with Gasteiger partial charge in [-0.2, -0.15) is 0 Å². The van der Waals surface area contributed by atoms with Gasteiger partial charge in [0.1, 0.15) is 12.4 Å². The van der Waals surface area contributed by atoms with E-state index in [0.717, 1.165) is 11.1 Å².